The molecule has 7 heteroatoms. The molecule has 1 heterocycles. The van der Waals surface area contributed by atoms with Crippen LogP contribution in [0.1, 0.15) is 54.4 Å². The van der Waals surface area contributed by atoms with Gasteiger partial charge in [-0.1, -0.05) is 36.4 Å². The first-order valence-corrected chi connectivity index (χ1v) is 13.9. The fourth-order valence-corrected chi connectivity index (χ4v) is 7.60. The predicted octanol–water partition coefficient (Wildman–Crippen LogP) is 4.41. The molecule has 1 atom stereocenters. The molecule has 37 heavy (non-hydrogen) atoms. The molecule has 5 fully saturated rings. The Balaban J connectivity index is 0.996. The second-order valence-corrected chi connectivity index (χ2v) is 11.8. The van der Waals surface area contributed by atoms with Gasteiger partial charge in [0.05, 0.1) is 12.7 Å². The summed E-state index contributed by atoms with van der Waals surface area (Å²) in [6, 6.07) is 17.4. The first-order chi connectivity index (χ1) is 18.0. The molecule has 196 valence electrons. The van der Waals surface area contributed by atoms with E-state index in [9.17, 15) is 9.59 Å². The van der Waals surface area contributed by atoms with Crippen LogP contribution < -0.4 is 16.0 Å². The van der Waals surface area contributed by atoms with Crippen LogP contribution in [0.3, 0.4) is 0 Å². The summed E-state index contributed by atoms with van der Waals surface area (Å²) < 4.78 is 5.90. The van der Waals surface area contributed by atoms with E-state index in [0.29, 0.717) is 24.4 Å². The van der Waals surface area contributed by atoms with E-state index in [1.54, 1.807) is 12.1 Å². The lowest BCUT2D eigenvalue weighted by atomic mass is 9.53. The highest BCUT2D eigenvalue weighted by molar-refractivity contribution is 5.97. The van der Waals surface area contributed by atoms with Crippen molar-refractivity contribution in [2.24, 2.45) is 17.8 Å². The highest BCUT2D eigenvalue weighted by atomic mass is 16.5. The summed E-state index contributed by atoms with van der Waals surface area (Å²) in [6.45, 7) is 3.66. The molecular formula is C30H38N4O3. The van der Waals surface area contributed by atoms with Crippen molar-refractivity contribution in [1.29, 1.82) is 0 Å². The molecule has 4 aliphatic carbocycles. The predicted molar refractivity (Wildman–Crippen MR) is 143 cm³/mol. The van der Waals surface area contributed by atoms with Gasteiger partial charge >= 0.3 is 6.03 Å². The van der Waals surface area contributed by atoms with Crippen LogP contribution in [-0.4, -0.2) is 54.7 Å². The maximum Gasteiger partial charge on any atom is 0.319 e. The highest BCUT2D eigenvalue weighted by Gasteiger charge is 2.51. The lowest BCUT2D eigenvalue weighted by Gasteiger charge is -2.56. The Morgan fingerprint density at radius 3 is 2.41 bits per heavy atom. The van der Waals surface area contributed by atoms with Gasteiger partial charge in [0, 0.05) is 43.0 Å². The molecule has 2 aromatic carbocycles. The van der Waals surface area contributed by atoms with Gasteiger partial charge in [-0.2, -0.15) is 0 Å². The van der Waals surface area contributed by atoms with Crippen LogP contribution >= 0.6 is 0 Å². The number of morpholine rings is 1. The van der Waals surface area contributed by atoms with Gasteiger partial charge in [-0.25, -0.2) is 4.79 Å². The van der Waals surface area contributed by atoms with Crippen molar-refractivity contribution in [1.82, 2.24) is 15.5 Å². The summed E-state index contributed by atoms with van der Waals surface area (Å²) in [5.41, 5.74) is 2.41. The number of hydrogen-bond acceptors (Lipinski definition) is 4. The summed E-state index contributed by atoms with van der Waals surface area (Å²) in [7, 11) is 0. The van der Waals surface area contributed by atoms with Crippen LogP contribution in [0.5, 0.6) is 0 Å². The van der Waals surface area contributed by atoms with Gasteiger partial charge in [-0.15, -0.1) is 0 Å². The number of rotatable bonds is 7. The molecule has 0 spiro atoms. The number of urea groups is 1. The number of ether oxygens (including phenoxy) is 1. The summed E-state index contributed by atoms with van der Waals surface area (Å²) in [5, 5.41) is 9.34. The number of hydrogen-bond donors (Lipinski definition) is 3. The number of amides is 3. The van der Waals surface area contributed by atoms with Gasteiger partial charge in [0.1, 0.15) is 0 Å². The lowest BCUT2D eigenvalue weighted by Crippen LogP contribution is -2.60. The van der Waals surface area contributed by atoms with E-state index in [2.05, 4.69) is 45.1 Å². The first kappa shape index (κ1) is 24.4. The molecule has 3 N–H and O–H groups in total. The normalized spacial score (nSPS) is 30.6. The third-order valence-electron chi connectivity index (χ3n) is 8.76. The molecule has 3 amide bonds. The minimum atomic E-state index is -0.159. The Labute approximate surface area is 219 Å². The van der Waals surface area contributed by atoms with Crippen molar-refractivity contribution in [3.05, 3.63) is 65.7 Å². The van der Waals surface area contributed by atoms with E-state index in [-0.39, 0.29) is 23.6 Å². The Hall–Kier alpha value is -2.90. The number of nitrogens with zero attached hydrogens (tertiary/aromatic N) is 1. The summed E-state index contributed by atoms with van der Waals surface area (Å²) in [6.07, 6.45) is 7.32. The van der Waals surface area contributed by atoms with Gasteiger partial charge in [-0.3, -0.25) is 9.69 Å². The van der Waals surface area contributed by atoms with Crippen molar-refractivity contribution < 1.29 is 14.3 Å². The number of anilines is 1. The zero-order valence-corrected chi connectivity index (χ0v) is 21.5. The number of carbonyl (C=O) groups excluding carboxylic acids is 2. The molecule has 5 aliphatic rings. The zero-order valence-electron chi connectivity index (χ0n) is 21.5. The van der Waals surface area contributed by atoms with E-state index in [1.807, 2.05) is 18.2 Å². The van der Waals surface area contributed by atoms with Crippen molar-refractivity contribution in [2.75, 3.05) is 31.6 Å². The van der Waals surface area contributed by atoms with Crippen LogP contribution in [0.25, 0.3) is 0 Å². The number of benzene rings is 2. The smallest absolute Gasteiger partial charge is 0.319 e. The van der Waals surface area contributed by atoms with E-state index < -0.39 is 0 Å². The van der Waals surface area contributed by atoms with Gasteiger partial charge in [0.25, 0.3) is 5.91 Å². The Morgan fingerprint density at radius 1 is 0.946 bits per heavy atom. The van der Waals surface area contributed by atoms with Gasteiger partial charge < -0.3 is 20.7 Å². The van der Waals surface area contributed by atoms with Crippen LogP contribution in [0, 0.1) is 17.8 Å². The minimum absolute atomic E-state index is 0.0395. The molecule has 4 saturated carbocycles. The average Bonchev–Trinajstić information content (AvgIpc) is 2.87. The van der Waals surface area contributed by atoms with Crippen LogP contribution in [-0.2, 0) is 11.3 Å². The molecule has 1 saturated heterocycles. The summed E-state index contributed by atoms with van der Waals surface area (Å²) >= 11 is 0. The molecule has 7 rings (SSSR count). The van der Waals surface area contributed by atoms with E-state index in [4.69, 9.17) is 4.74 Å². The second kappa shape index (κ2) is 10.5. The number of carbonyl (C=O) groups is 2. The third-order valence-corrected chi connectivity index (χ3v) is 8.76. The van der Waals surface area contributed by atoms with Crippen LogP contribution in [0.15, 0.2) is 54.6 Å². The Bertz CT molecular complexity index is 1090. The van der Waals surface area contributed by atoms with Crippen molar-refractivity contribution in [2.45, 2.75) is 56.7 Å². The molecule has 1 unspecified atom stereocenters. The molecule has 2 aromatic rings. The van der Waals surface area contributed by atoms with Crippen molar-refractivity contribution >= 4 is 17.6 Å². The summed E-state index contributed by atoms with van der Waals surface area (Å²) in [5.74, 6) is 2.17. The van der Waals surface area contributed by atoms with Crippen LogP contribution in [0.4, 0.5) is 10.5 Å². The molecular weight excluding hydrogens is 464 g/mol. The summed E-state index contributed by atoms with van der Waals surface area (Å²) in [4.78, 5) is 28.2. The lowest BCUT2D eigenvalue weighted by molar-refractivity contribution is -0.0292. The molecule has 4 bridgehead atoms. The molecule has 0 radical (unpaired) electrons. The average molecular weight is 503 g/mol. The van der Waals surface area contributed by atoms with E-state index in [1.165, 1.54) is 24.8 Å². The topological polar surface area (TPSA) is 82.7 Å². The van der Waals surface area contributed by atoms with Crippen molar-refractivity contribution in [3.63, 3.8) is 0 Å². The largest absolute Gasteiger partial charge is 0.374 e. The monoisotopic (exact) mass is 502 g/mol. The SMILES string of the molecule is O=C(Nc1cccc(C(=O)NCC2CN(Cc3ccccc3)CCO2)c1)NC12CC3CC(CC(C3)C1)C2. The van der Waals surface area contributed by atoms with Gasteiger partial charge in [-0.05, 0) is 80.0 Å². The Morgan fingerprint density at radius 2 is 1.68 bits per heavy atom. The Kier molecular flexibility index (Phi) is 6.91. The van der Waals surface area contributed by atoms with Gasteiger partial charge in [0.2, 0.25) is 0 Å². The first-order valence-electron chi connectivity index (χ1n) is 13.9. The maximum absolute atomic E-state index is 12.9. The van der Waals surface area contributed by atoms with Crippen LogP contribution in [0.2, 0.25) is 0 Å². The second-order valence-electron chi connectivity index (χ2n) is 11.8. The molecule has 0 aromatic heterocycles. The fourth-order valence-electron chi connectivity index (χ4n) is 7.60. The third kappa shape index (κ3) is 5.83. The minimum Gasteiger partial charge on any atom is -0.374 e. The fraction of sp³-hybridized carbons (Fsp3) is 0.533. The quantitative estimate of drug-likeness (QED) is 0.524. The van der Waals surface area contributed by atoms with Gasteiger partial charge in [0.15, 0.2) is 0 Å². The highest BCUT2D eigenvalue weighted by Crippen LogP contribution is 2.55. The standard InChI is InChI=1S/C30H38N4O3/c35-28(31-18-27-20-34(9-10-37-27)19-21-5-2-1-3-6-21)25-7-4-8-26(14-25)32-29(36)33-30-15-22-11-23(16-30)13-24(12-22)17-30/h1-8,14,22-24,27H,9-13,15-20H2,(H,31,35)(H2,32,33,36). The zero-order chi connectivity index (χ0) is 25.2. The molecule has 1 aliphatic heterocycles. The van der Waals surface area contributed by atoms with Crippen molar-refractivity contribution in [3.8, 4) is 0 Å². The van der Waals surface area contributed by atoms with E-state index >= 15 is 0 Å². The number of nitrogens with one attached hydrogen (secondary N) is 3. The van der Waals surface area contributed by atoms with E-state index in [0.717, 1.165) is 56.7 Å². The molecule has 7 nitrogen and oxygen atoms in total. The maximum atomic E-state index is 12.9.